The minimum Gasteiger partial charge on any atom is -0.467 e. The lowest BCUT2D eigenvalue weighted by molar-refractivity contribution is -0.147. The Morgan fingerprint density at radius 3 is 2.32 bits per heavy atom. The zero-order valence-corrected chi connectivity index (χ0v) is 12.5. The second-order valence-electron chi connectivity index (χ2n) is 7.05. The molecule has 108 valence electrons. The van der Waals surface area contributed by atoms with E-state index in [4.69, 9.17) is 9.47 Å². The fraction of sp³-hybridized carbons (Fsp3) is 0.857. The highest BCUT2D eigenvalue weighted by Gasteiger charge is 2.70. The Bertz CT molecular complexity index is 410. The number of rotatable bonds is 1. The van der Waals surface area contributed by atoms with Gasteiger partial charge < -0.3 is 9.47 Å². The summed E-state index contributed by atoms with van der Waals surface area (Å²) >= 11 is 0. The van der Waals surface area contributed by atoms with Crippen LogP contribution in [0, 0.1) is 17.3 Å². The van der Waals surface area contributed by atoms with Crippen LogP contribution < -0.4 is 0 Å². The van der Waals surface area contributed by atoms with Crippen molar-refractivity contribution in [1.82, 2.24) is 4.90 Å². The molecular formula is C14H23NO4. The zero-order valence-electron chi connectivity index (χ0n) is 12.5. The molecule has 0 bridgehead atoms. The Kier molecular flexibility index (Phi) is 3.07. The third-order valence-corrected chi connectivity index (χ3v) is 4.28. The van der Waals surface area contributed by atoms with Gasteiger partial charge in [-0.1, -0.05) is 13.8 Å². The number of methoxy groups -OCH3 is 1. The second kappa shape index (κ2) is 4.12. The molecule has 5 heteroatoms. The SMILES string of the molecule is COC(=O)[C@@H]1[C@@H]2C(CN1C(=O)OC(C)(C)C)C2(C)C. The first-order chi connectivity index (χ1) is 8.59. The van der Waals surface area contributed by atoms with Crippen molar-refractivity contribution in [3.63, 3.8) is 0 Å². The largest absolute Gasteiger partial charge is 0.467 e. The van der Waals surface area contributed by atoms with Crippen LogP contribution in [0.3, 0.4) is 0 Å². The molecule has 19 heavy (non-hydrogen) atoms. The van der Waals surface area contributed by atoms with Gasteiger partial charge in [-0.25, -0.2) is 9.59 Å². The molecule has 1 aliphatic heterocycles. The van der Waals surface area contributed by atoms with Crippen LogP contribution in [0.15, 0.2) is 0 Å². The van der Waals surface area contributed by atoms with Crippen LogP contribution >= 0.6 is 0 Å². The predicted octanol–water partition coefficient (Wildman–Crippen LogP) is 2.05. The molecule has 0 radical (unpaired) electrons. The van der Waals surface area contributed by atoms with E-state index < -0.39 is 17.7 Å². The molecule has 0 aromatic heterocycles. The topological polar surface area (TPSA) is 55.8 Å². The van der Waals surface area contributed by atoms with Gasteiger partial charge in [0.1, 0.15) is 11.6 Å². The van der Waals surface area contributed by atoms with Crippen molar-refractivity contribution in [3.05, 3.63) is 0 Å². The molecule has 1 saturated carbocycles. The maximum Gasteiger partial charge on any atom is 0.411 e. The Morgan fingerprint density at radius 1 is 1.26 bits per heavy atom. The zero-order chi connectivity index (χ0) is 14.6. The van der Waals surface area contributed by atoms with Gasteiger partial charge in [0.2, 0.25) is 0 Å². The molecule has 5 nitrogen and oxygen atoms in total. The van der Waals surface area contributed by atoms with Gasteiger partial charge in [0, 0.05) is 12.5 Å². The maximum absolute atomic E-state index is 12.2. The van der Waals surface area contributed by atoms with Gasteiger partial charge in [-0.15, -0.1) is 0 Å². The molecule has 3 atom stereocenters. The number of fused-ring (bicyclic) bond motifs is 1. The van der Waals surface area contributed by atoms with Crippen molar-refractivity contribution < 1.29 is 19.1 Å². The van der Waals surface area contributed by atoms with E-state index in [1.807, 2.05) is 20.8 Å². The minimum atomic E-state index is -0.556. The van der Waals surface area contributed by atoms with Crippen molar-refractivity contribution >= 4 is 12.1 Å². The minimum absolute atomic E-state index is 0.109. The van der Waals surface area contributed by atoms with Gasteiger partial charge in [-0.3, -0.25) is 4.90 Å². The van der Waals surface area contributed by atoms with Crippen LogP contribution in [-0.2, 0) is 14.3 Å². The number of nitrogens with zero attached hydrogens (tertiary/aromatic N) is 1. The Balaban J connectivity index is 2.14. The molecule has 0 spiro atoms. The highest BCUT2D eigenvalue weighted by Crippen LogP contribution is 2.65. The summed E-state index contributed by atoms with van der Waals surface area (Å²) in [6, 6.07) is -0.500. The molecule has 0 aromatic carbocycles. The lowest BCUT2D eigenvalue weighted by Gasteiger charge is -2.31. The van der Waals surface area contributed by atoms with Gasteiger partial charge in [0.05, 0.1) is 7.11 Å². The average Bonchev–Trinajstić information content (AvgIpc) is 2.65. The van der Waals surface area contributed by atoms with E-state index in [-0.39, 0.29) is 17.3 Å². The Morgan fingerprint density at radius 2 is 1.84 bits per heavy atom. The predicted molar refractivity (Wildman–Crippen MR) is 69.5 cm³/mol. The summed E-state index contributed by atoms with van der Waals surface area (Å²) in [4.78, 5) is 25.6. The van der Waals surface area contributed by atoms with Crippen molar-refractivity contribution in [3.8, 4) is 0 Å². The standard InChI is InChI=1S/C14H23NO4/c1-13(2,3)19-12(17)15-7-8-9(14(8,4)5)10(15)11(16)18-6/h8-10H,7H2,1-6H3/t8?,9-,10-/m0/s1. The summed E-state index contributed by atoms with van der Waals surface area (Å²) in [6.45, 7) is 10.3. The van der Waals surface area contributed by atoms with E-state index in [2.05, 4.69) is 13.8 Å². The number of carbonyl (C=O) groups is 2. The number of likely N-dealkylation sites (tertiary alicyclic amines) is 1. The van der Waals surface area contributed by atoms with E-state index in [0.717, 1.165) is 0 Å². The number of piperidine rings is 1. The molecule has 1 saturated heterocycles. The monoisotopic (exact) mass is 269 g/mol. The van der Waals surface area contributed by atoms with Crippen molar-refractivity contribution in [1.29, 1.82) is 0 Å². The van der Waals surface area contributed by atoms with Gasteiger partial charge in [-0.2, -0.15) is 0 Å². The first-order valence-corrected chi connectivity index (χ1v) is 6.67. The van der Waals surface area contributed by atoms with E-state index in [9.17, 15) is 9.59 Å². The van der Waals surface area contributed by atoms with E-state index >= 15 is 0 Å². The molecule has 0 aromatic rings. The van der Waals surface area contributed by atoms with Crippen LogP contribution in [0.4, 0.5) is 4.79 Å². The molecule has 2 fully saturated rings. The van der Waals surface area contributed by atoms with Crippen LogP contribution in [0.2, 0.25) is 0 Å². The molecule has 2 aliphatic rings. The highest BCUT2D eigenvalue weighted by atomic mass is 16.6. The lowest BCUT2D eigenvalue weighted by atomic mass is 10.0. The summed E-state index contributed by atoms with van der Waals surface area (Å²) in [5.74, 6) is 0.209. The average molecular weight is 269 g/mol. The number of hydrogen-bond acceptors (Lipinski definition) is 4. The van der Waals surface area contributed by atoms with Crippen molar-refractivity contribution in [2.45, 2.75) is 46.3 Å². The molecule has 1 aliphatic carbocycles. The van der Waals surface area contributed by atoms with Crippen molar-refractivity contribution in [2.75, 3.05) is 13.7 Å². The molecule has 1 heterocycles. The Labute approximate surface area is 114 Å². The third-order valence-electron chi connectivity index (χ3n) is 4.28. The number of carbonyl (C=O) groups excluding carboxylic acids is 2. The highest BCUT2D eigenvalue weighted by molar-refractivity contribution is 5.83. The normalized spacial score (nSPS) is 31.7. The maximum atomic E-state index is 12.2. The van der Waals surface area contributed by atoms with Crippen molar-refractivity contribution in [2.24, 2.45) is 17.3 Å². The van der Waals surface area contributed by atoms with Gasteiger partial charge in [-0.05, 0) is 32.1 Å². The fourth-order valence-electron chi connectivity index (χ4n) is 3.18. The van der Waals surface area contributed by atoms with Crippen LogP contribution in [0.25, 0.3) is 0 Å². The summed E-state index contributed by atoms with van der Waals surface area (Å²) in [5.41, 5.74) is -0.447. The third kappa shape index (κ3) is 2.30. The number of esters is 1. The molecule has 2 rings (SSSR count). The quantitative estimate of drug-likeness (QED) is 0.684. The number of amides is 1. The summed E-state index contributed by atoms with van der Waals surface area (Å²) in [5, 5.41) is 0. The van der Waals surface area contributed by atoms with Crippen LogP contribution in [0.1, 0.15) is 34.6 Å². The van der Waals surface area contributed by atoms with Gasteiger partial charge in [0.15, 0.2) is 0 Å². The van der Waals surface area contributed by atoms with E-state index in [1.54, 1.807) is 0 Å². The molecule has 1 unspecified atom stereocenters. The lowest BCUT2D eigenvalue weighted by Crippen LogP contribution is -2.47. The number of ether oxygens (including phenoxy) is 2. The molecule has 0 N–H and O–H groups in total. The second-order valence-corrected chi connectivity index (χ2v) is 7.05. The van der Waals surface area contributed by atoms with Crippen LogP contribution in [0.5, 0.6) is 0 Å². The fourth-order valence-corrected chi connectivity index (χ4v) is 3.18. The van der Waals surface area contributed by atoms with E-state index in [0.29, 0.717) is 12.5 Å². The van der Waals surface area contributed by atoms with E-state index in [1.165, 1.54) is 12.0 Å². The molecular weight excluding hydrogens is 246 g/mol. The summed E-state index contributed by atoms with van der Waals surface area (Å²) < 4.78 is 10.2. The first kappa shape index (κ1) is 14.2. The summed E-state index contributed by atoms with van der Waals surface area (Å²) in [6.07, 6.45) is -0.425. The van der Waals surface area contributed by atoms with Gasteiger partial charge in [0.25, 0.3) is 0 Å². The van der Waals surface area contributed by atoms with Gasteiger partial charge >= 0.3 is 12.1 Å². The Hall–Kier alpha value is -1.26. The number of hydrogen-bond donors (Lipinski definition) is 0. The van der Waals surface area contributed by atoms with Crippen LogP contribution in [-0.4, -0.2) is 42.3 Å². The first-order valence-electron chi connectivity index (χ1n) is 6.67. The summed E-state index contributed by atoms with van der Waals surface area (Å²) in [7, 11) is 1.36. The molecule has 1 amide bonds. The smallest absolute Gasteiger partial charge is 0.411 e.